The van der Waals surface area contributed by atoms with Gasteiger partial charge < -0.3 is 10.2 Å². The molecule has 2 amide bonds. The lowest BCUT2D eigenvalue weighted by atomic mass is 9.94. The number of rotatable bonds is 11. The zero-order valence-electron chi connectivity index (χ0n) is 21.8. The molecule has 3 aromatic rings. The molecule has 1 aliphatic carbocycles. The summed E-state index contributed by atoms with van der Waals surface area (Å²) >= 11 is 17.7. The first-order chi connectivity index (χ1) is 18.9. The first-order valence-corrected chi connectivity index (χ1v) is 16.0. The van der Waals surface area contributed by atoms with E-state index in [1.165, 1.54) is 6.42 Å². The molecule has 1 saturated carbocycles. The van der Waals surface area contributed by atoms with E-state index in [9.17, 15) is 9.59 Å². The second-order valence-electron chi connectivity index (χ2n) is 9.93. The summed E-state index contributed by atoms with van der Waals surface area (Å²) in [7, 11) is 0. The first-order valence-electron chi connectivity index (χ1n) is 13.3. The van der Waals surface area contributed by atoms with Crippen LogP contribution in [0.5, 0.6) is 0 Å². The Balaban J connectivity index is 1.58. The summed E-state index contributed by atoms with van der Waals surface area (Å²) in [4.78, 5) is 29.4. The fraction of sp³-hybridized carbons (Fsp3) is 0.355. The third-order valence-corrected chi connectivity index (χ3v) is 9.09. The van der Waals surface area contributed by atoms with Crippen LogP contribution >= 0.6 is 50.9 Å². The standard InChI is InChI=1S/C31H33BrCl2N2O2S/c32-25-14-11-23(12-15-25)20-39-21-30(37)36(19-24-13-16-26(33)18-28(24)34)29(17-22-7-3-1-4-8-22)31(38)35-27-9-5-2-6-10-27/h1,3-4,7-8,11-16,18,27,29H,2,5-6,9-10,17,19-21H2,(H,35,38)/t29-/m1/s1. The molecule has 1 aliphatic rings. The van der Waals surface area contributed by atoms with Gasteiger partial charge >= 0.3 is 0 Å². The predicted octanol–water partition coefficient (Wildman–Crippen LogP) is 8.08. The van der Waals surface area contributed by atoms with Crippen molar-refractivity contribution < 1.29 is 9.59 Å². The van der Waals surface area contributed by atoms with E-state index in [0.717, 1.165) is 46.8 Å². The number of carbonyl (C=O) groups is 2. The summed E-state index contributed by atoms with van der Waals surface area (Å²) in [6.45, 7) is 0.225. The maximum absolute atomic E-state index is 13.8. The van der Waals surface area contributed by atoms with Gasteiger partial charge in [0.25, 0.3) is 0 Å². The Labute approximate surface area is 254 Å². The van der Waals surface area contributed by atoms with Crippen LogP contribution in [-0.2, 0) is 28.3 Å². The molecule has 3 aromatic carbocycles. The van der Waals surface area contributed by atoms with Crippen molar-refractivity contribution in [3.8, 4) is 0 Å². The Bertz CT molecular complexity index is 1240. The minimum Gasteiger partial charge on any atom is -0.352 e. The second-order valence-corrected chi connectivity index (χ2v) is 12.7. The predicted molar refractivity (Wildman–Crippen MR) is 166 cm³/mol. The molecule has 4 rings (SSSR count). The monoisotopic (exact) mass is 646 g/mol. The molecular formula is C31H33BrCl2N2O2S. The van der Waals surface area contributed by atoms with Gasteiger partial charge in [0.2, 0.25) is 11.8 Å². The van der Waals surface area contributed by atoms with Crippen LogP contribution in [0.15, 0.2) is 77.3 Å². The van der Waals surface area contributed by atoms with E-state index in [1.807, 2.05) is 60.7 Å². The van der Waals surface area contributed by atoms with E-state index in [-0.39, 0.29) is 30.2 Å². The smallest absolute Gasteiger partial charge is 0.243 e. The Kier molecular flexibility index (Phi) is 11.6. The third kappa shape index (κ3) is 9.28. The number of carbonyl (C=O) groups excluding carboxylic acids is 2. The Morgan fingerprint density at radius 2 is 1.67 bits per heavy atom. The second kappa shape index (κ2) is 15.1. The van der Waals surface area contributed by atoms with E-state index >= 15 is 0 Å². The van der Waals surface area contributed by atoms with Gasteiger partial charge in [-0.1, -0.05) is 107 Å². The van der Waals surface area contributed by atoms with Crippen molar-refractivity contribution in [3.05, 3.63) is 104 Å². The summed E-state index contributed by atoms with van der Waals surface area (Å²) in [5, 5.41) is 4.28. The molecule has 0 spiro atoms. The van der Waals surface area contributed by atoms with Gasteiger partial charge in [0.1, 0.15) is 6.04 Å². The maximum Gasteiger partial charge on any atom is 0.243 e. The van der Waals surface area contributed by atoms with Crippen molar-refractivity contribution in [1.29, 1.82) is 0 Å². The van der Waals surface area contributed by atoms with Gasteiger partial charge in [-0.3, -0.25) is 9.59 Å². The molecule has 1 fully saturated rings. The van der Waals surface area contributed by atoms with Crippen LogP contribution in [0.25, 0.3) is 0 Å². The third-order valence-electron chi connectivity index (χ3n) is 6.99. The summed E-state index contributed by atoms with van der Waals surface area (Å²) in [6.07, 6.45) is 5.81. The molecule has 0 aliphatic heterocycles. The van der Waals surface area contributed by atoms with Gasteiger partial charge in [-0.15, -0.1) is 11.8 Å². The van der Waals surface area contributed by atoms with E-state index in [0.29, 0.717) is 22.2 Å². The first kappa shape index (κ1) is 30.0. The number of halogens is 3. The van der Waals surface area contributed by atoms with E-state index in [1.54, 1.807) is 28.8 Å². The fourth-order valence-electron chi connectivity index (χ4n) is 4.85. The largest absolute Gasteiger partial charge is 0.352 e. The number of benzene rings is 3. The molecule has 206 valence electrons. The maximum atomic E-state index is 13.8. The number of thioether (sulfide) groups is 1. The van der Waals surface area contributed by atoms with Gasteiger partial charge in [-0.25, -0.2) is 0 Å². The zero-order valence-corrected chi connectivity index (χ0v) is 25.7. The average molecular weight is 648 g/mol. The quantitative estimate of drug-likeness (QED) is 0.229. The summed E-state index contributed by atoms with van der Waals surface area (Å²) in [5.41, 5.74) is 2.90. The van der Waals surface area contributed by atoms with Crippen LogP contribution < -0.4 is 5.32 Å². The molecule has 39 heavy (non-hydrogen) atoms. The van der Waals surface area contributed by atoms with Crippen molar-refractivity contribution >= 4 is 62.7 Å². The van der Waals surface area contributed by atoms with E-state index in [2.05, 4.69) is 21.2 Å². The number of nitrogens with one attached hydrogen (secondary N) is 1. The lowest BCUT2D eigenvalue weighted by Crippen LogP contribution is -2.53. The topological polar surface area (TPSA) is 49.4 Å². The average Bonchev–Trinajstić information content (AvgIpc) is 2.94. The molecule has 0 saturated heterocycles. The van der Waals surface area contributed by atoms with Gasteiger partial charge in [-0.2, -0.15) is 0 Å². The van der Waals surface area contributed by atoms with Gasteiger partial charge in [0.15, 0.2) is 0 Å². The minimum atomic E-state index is -0.665. The van der Waals surface area contributed by atoms with Crippen LogP contribution in [-0.4, -0.2) is 34.6 Å². The number of amides is 2. The van der Waals surface area contributed by atoms with Crippen LogP contribution in [0.3, 0.4) is 0 Å². The molecule has 8 heteroatoms. The highest BCUT2D eigenvalue weighted by Crippen LogP contribution is 2.26. The van der Waals surface area contributed by atoms with Crippen molar-refractivity contribution in [1.82, 2.24) is 10.2 Å². The minimum absolute atomic E-state index is 0.0946. The van der Waals surface area contributed by atoms with Gasteiger partial charge in [-0.05, 0) is 53.8 Å². The summed E-state index contributed by atoms with van der Waals surface area (Å²) < 4.78 is 1.02. The molecule has 1 N–H and O–H groups in total. The lowest BCUT2D eigenvalue weighted by Gasteiger charge is -2.33. The normalized spacial score (nSPS) is 14.5. The Morgan fingerprint density at radius 1 is 0.949 bits per heavy atom. The number of hydrogen-bond donors (Lipinski definition) is 1. The molecule has 0 unspecified atom stereocenters. The Morgan fingerprint density at radius 3 is 2.36 bits per heavy atom. The number of nitrogens with zero attached hydrogens (tertiary/aromatic N) is 1. The summed E-state index contributed by atoms with van der Waals surface area (Å²) in [6, 6.07) is 22.7. The molecule has 0 radical (unpaired) electrons. The van der Waals surface area contributed by atoms with Crippen molar-refractivity contribution in [2.24, 2.45) is 0 Å². The molecule has 0 aromatic heterocycles. The summed E-state index contributed by atoms with van der Waals surface area (Å²) in [5.74, 6) is 0.750. The Hall–Kier alpha value is -1.99. The molecule has 0 heterocycles. The number of hydrogen-bond acceptors (Lipinski definition) is 3. The molecule has 4 nitrogen and oxygen atoms in total. The van der Waals surface area contributed by atoms with E-state index < -0.39 is 6.04 Å². The van der Waals surface area contributed by atoms with Crippen molar-refractivity contribution in [3.63, 3.8) is 0 Å². The molecule has 0 bridgehead atoms. The van der Waals surface area contributed by atoms with E-state index in [4.69, 9.17) is 23.2 Å². The molecular weight excluding hydrogens is 615 g/mol. The SMILES string of the molecule is O=C(NC1CCCCC1)[C@@H](Cc1ccccc1)N(Cc1ccc(Cl)cc1Cl)C(=O)CSCc1ccc(Br)cc1. The zero-order chi connectivity index (χ0) is 27.6. The van der Waals surface area contributed by atoms with Crippen molar-refractivity contribution in [2.45, 2.75) is 62.9 Å². The van der Waals surface area contributed by atoms with Crippen molar-refractivity contribution in [2.75, 3.05) is 5.75 Å². The highest BCUT2D eigenvalue weighted by molar-refractivity contribution is 9.10. The lowest BCUT2D eigenvalue weighted by molar-refractivity contribution is -0.139. The van der Waals surface area contributed by atoms with Crippen LogP contribution in [0.1, 0.15) is 48.8 Å². The molecule has 1 atom stereocenters. The van der Waals surface area contributed by atoms with Crippen LogP contribution in [0.2, 0.25) is 10.0 Å². The van der Waals surface area contributed by atoms with Crippen LogP contribution in [0, 0.1) is 0 Å². The highest BCUT2D eigenvalue weighted by atomic mass is 79.9. The van der Waals surface area contributed by atoms with Gasteiger partial charge in [0.05, 0.1) is 5.75 Å². The van der Waals surface area contributed by atoms with Gasteiger partial charge in [0, 0.05) is 39.3 Å². The van der Waals surface area contributed by atoms with Crippen LogP contribution in [0.4, 0.5) is 0 Å². The fourth-order valence-corrected chi connectivity index (χ4v) is 6.45. The highest BCUT2D eigenvalue weighted by Gasteiger charge is 2.32.